The Hall–Kier alpha value is -4.65. The van der Waals surface area contributed by atoms with Gasteiger partial charge in [-0.05, 0) is 94.1 Å². The first-order valence-corrected chi connectivity index (χ1v) is 14.8. The van der Waals surface area contributed by atoms with Gasteiger partial charge in [0.05, 0.1) is 0 Å². The summed E-state index contributed by atoms with van der Waals surface area (Å²) in [5, 5.41) is 2.27. The van der Waals surface area contributed by atoms with Crippen molar-refractivity contribution < 1.29 is 24.5 Å². The molecule has 0 aliphatic carbocycles. The molecular weight excluding hydrogens is 737 g/mol. The van der Waals surface area contributed by atoms with E-state index in [-0.39, 0.29) is 20.1 Å². The van der Waals surface area contributed by atoms with Crippen molar-refractivity contribution in [2.45, 2.75) is 6.42 Å². The van der Waals surface area contributed by atoms with Crippen LogP contribution in [0.4, 0.5) is 17.1 Å². The van der Waals surface area contributed by atoms with Crippen LogP contribution in [0.25, 0.3) is 21.9 Å². The smallest absolute Gasteiger partial charge is 0.116 e. The van der Waals surface area contributed by atoms with Crippen LogP contribution in [0.1, 0.15) is 6.42 Å². The predicted molar refractivity (Wildman–Crippen MR) is 179 cm³/mol. The quantitative estimate of drug-likeness (QED) is 0.156. The number of hydrogen-bond donors (Lipinski definition) is 0. The van der Waals surface area contributed by atoms with E-state index in [1.807, 2.05) is 78.4 Å². The van der Waals surface area contributed by atoms with Gasteiger partial charge in [0.2, 0.25) is 0 Å². The van der Waals surface area contributed by atoms with Crippen LogP contribution >= 0.6 is 0 Å². The van der Waals surface area contributed by atoms with Gasteiger partial charge in [-0.25, -0.2) is 0 Å². The van der Waals surface area contributed by atoms with Crippen LogP contribution in [-0.4, -0.2) is 34.8 Å². The average Bonchev–Trinajstić information content (AvgIpc) is 3.89. The summed E-state index contributed by atoms with van der Waals surface area (Å²) in [5.74, 6) is 0. The molecule has 0 fully saturated rings. The first-order valence-electron chi connectivity index (χ1n) is 14.8. The summed E-state index contributed by atoms with van der Waals surface area (Å²) >= 11 is 0. The van der Waals surface area contributed by atoms with Crippen molar-refractivity contribution >= 4 is 39.0 Å². The Balaban J connectivity index is 0.000000160. The molecule has 1 aromatic heterocycles. The maximum atomic E-state index is 5.99. The fraction of sp³-hybridized carbons (Fsp3) is 0.108. The second kappa shape index (κ2) is 14.0. The Morgan fingerprint density at radius 2 is 1.18 bits per heavy atom. The van der Waals surface area contributed by atoms with Crippen LogP contribution in [0.15, 0.2) is 139 Å². The number of nitrogens with zero attached hydrogens (tertiary/aromatic N) is 6. The normalized spacial score (nSPS) is 15.4. The van der Waals surface area contributed by atoms with Crippen molar-refractivity contribution in [1.82, 2.24) is 14.7 Å². The van der Waals surface area contributed by atoms with Crippen molar-refractivity contribution in [3.8, 4) is 0 Å². The number of hydrogen-bond acceptors (Lipinski definition) is 7. The van der Waals surface area contributed by atoms with Gasteiger partial charge in [0, 0.05) is 42.4 Å². The minimum atomic E-state index is 0. The van der Waals surface area contributed by atoms with Crippen molar-refractivity contribution in [3.63, 3.8) is 0 Å². The minimum Gasteiger partial charge on any atom is -0.514 e. The third-order valence-corrected chi connectivity index (χ3v) is 7.67. The molecule has 0 atom stereocenters. The van der Waals surface area contributed by atoms with Crippen molar-refractivity contribution in [2.24, 2.45) is 0 Å². The molecule has 45 heavy (non-hydrogen) atoms. The van der Waals surface area contributed by atoms with Gasteiger partial charge in [-0.15, -0.1) is 0 Å². The van der Waals surface area contributed by atoms with Crippen LogP contribution in [0.5, 0.6) is 0 Å². The second-order valence-corrected chi connectivity index (χ2v) is 10.8. The molecule has 3 aliphatic rings. The first kappa shape index (κ1) is 30.4. The van der Waals surface area contributed by atoms with E-state index in [4.69, 9.17) is 4.42 Å². The third kappa shape index (κ3) is 6.88. The zero-order chi connectivity index (χ0) is 29.7. The predicted octanol–water partition coefficient (Wildman–Crippen LogP) is 7.93. The van der Waals surface area contributed by atoms with Gasteiger partial charge in [0.25, 0.3) is 0 Å². The average molecular weight is 771 g/mol. The molecule has 4 aromatic carbocycles. The zero-order valence-electron chi connectivity index (χ0n) is 25.0. The maximum absolute atomic E-state index is 5.99. The fourth-order valence-electron chi connectivity index (χ4n) is 5.45. The van der Waals surface area contributed by atoms with Gasteiger partial charge in [-0.1, -0.05) is 65.7 Å². The van der Waals surface area contributed by atoms with Gasteiger partial charge in [-0.3, -0.25) is 0 Å². The largest absolute Gasteiger partial charge is 0.514 e. The monoisotopic (exact) mass is 771 g/mol. The summed E-state index contributed by atoms with van der Waals surface area (Å²) in [7, 11) is 2.00. The minimum absolute atomic E-state index is 0. The summed E-state index contributed by atoms with van der Waals surface area (Å²) in [4.78, 5) is 12.8. The molecule has 3 aliphatic heterocycles. The van der Waals surface area contributed by atoms with Gasteiger partial charge < -0.3 is 33.8 Å². The standard InChI is InChI=1S/C21H22N4.C16H12N2O.Ir/c1-3-8-20(9-4-1)24-16-14-22(18-24)12-7-13-23-15-17-25(19-23)21-10-5-2-6-11-21;1-17-9-10-18(11-17)14-7-4-6-13-12-5-2-3-8-15(12)19-16(13)14;/h1-6,8-11,14-19H,7,12-13H2;2-6,8-11H,1H3;/q2*-2;. The Bertz CT molecular complexity index is 1720. The van der Waals surface area contributed by atoms with E-state index in [9.17, 15) is 0 Å². The number of fused-ring (bicyclic) bond motifs is 3. The molecule has 0 amide bonds. The molecule has 231 valence electrons. The van der Waals surface area contributed by atoms with E-state index in [0.29, 0.717) is 0 Å². The summed E-state index contributed by atoms with van der Waals surface area (Å²) in [6.45, 7) is 8.30. The van der Waals surface area contributed by atoms with Gasteiger partial charge in [-0.2, -0.15) is 38.2 Å². The summed E-state index contributed by atoms with van der Waals surface area (Å²) in [5.41, 5.74) is 5.11. The molecule has 0 bridgehead atoms. The molecule has 0 spiro atoms. The van der Waals surface area contributed by atoms with Crippen molar-refractivity contribution in [3.05, 3.63) is 160 Å². The number of furan rings is 1. The van der Waals surface area contributed by atoms with Crippen LogP contribution < -0.4 is 14.7 Å². The molecule has 8 heteroatoms. The van der Waals surface area contributed by atoms with Crippen LogP contribution in [0.3, 0.4) is 0 Å². The van der Waals surface area contributed by atoms with E-state index in [0.717, 1.165) is 47.1 Å². The molecular formula is C37H34IrN6O-4. The maximum Gasteiger partial charge on any atom is 0.116 e. The van der Waals surface area contributed by atoms with Gasteiger partial charge in [0.1, 0.15) is 5.58 Å². The molecule has 0 saturated carbocycles. The summed E-state index contributed by atoms with van der Waals surface area (Å²) in [6.07, 6.45) is 13.6. The van der Waals surface area contributed by atoms with Crippen molar-refractivity contribution in [2.75, 3.05) is 34.8 Å². The van der Waals surface area contributed by atoms with E-state index in [1.54, 1.807) is 0 Å². The van der Waals surface area contributed by atoms with Crippen LogP contribution in [-0.2, 0) is 20.1 Å². The van der Waals surface area contributed by atoms with E-state index < -0.39 is 0 Å². The Morgan fingerprint density at radius 1 is 0.600 bits per heavy atom. The van der Waals surface area contributed by atoms with E-state index in [1.165, 1.54) is 11.4 Å². The molecule has 0 saturated heterocycles. The molecule has 7 nitrogen and oxygen atoms in total. The van der Waals surface area contributed by atoms with Gasteiger partial charge in [0.15, 0.2) is 0 Å². The van der Waals surface area contributed by atoms with Crippen molar-refractivity contribution in [1.29, 1.82) is 0 Å². The first-order chi connectivity index (χ1) is 21.7. The zero-order valence-corrected chi connectivity index (χ0v) is 27.4. The Kier molecular flexibility index (Phi) is 9.43. The number of benzene rings is 4. The van der Waals surface area contributed by atoms with Crippen LogP contribution in [0, 0.1) is 26.1 Å². The Morgan fingerprint density at radius 3 is 1.78 bits per heavy atom. The molecule has 4 heterocycles. The van der Waals surface area contributed by atoms with E-state index >= 15 is 0 Å². The molecule has 0 unspecified atom stereocenters. The summed E-state index contributed by atoms with van der Waals surface area (Å²) in [6, 6.07) is 36.2. The number of para-hydroxylation sites is 3. The summed E-state index contributed by atoms with van der Waals surface area (Å²) < 4.78 is 5.99. The molecule has 5 aromatic rings. The SMILES string of the molecule is C1=CN(c2ccccc2)[CH-]N1CCCN1C=CN(c2ccccc2)[CH-]1.CN1C=CN(c2[c-]ccc3c2oc2ccccc23)[CH-]1.[Ir]. The van der Waals surface area contributed by atoms with E-state index in [2.05, 4.69) is 118 Å². The van der Waals surface area contributed by atoms with Crippen LogP contribution in [0.2, 0.25) is 0 Å². The Labute approximate surface area is 278 Å². The molecule has 0 N–H and O–H groups in total. The third-order valence-electron chi connectivity index (χ3n) is 7.67. The molecule has 8 rings (SSSR count). The topological polar surface area (TPSA) is 32.6 Å². The number of anilines is 3. The van der Waals surface area contributed by atoms with Gasteiger partial charge >= 0.3 is 0 Å². The number of rotatable bonds is 7. The second-order valence-electron chi connectivity index (χ2n) is 10.8. The fourth-order valence-corrected chi connectivity index (χ4v) is 5.45. The molecule has 1 radical (unpaired) electrons.